The van der Waals surface area contributed by atoms with E-state index in [9.17, 15) is 19.4 Å². The first-order valence-electron chi connectivity index (χ1n) is 26.1. The number of rotatable bonds is 49. The first kappa shape index (κ1) is 59.7. The minimum absolute atomic E-state index is 0.0730. The molecule has 0 rings (SSSR count). The number of aliphatic hydroxyl groups excluding tert-OH is 1. The third-order valence-electron chi connectivity index (χ3n) is 11.7. The summed E-state index contributed by atoms with van der Waals surface area (Å²) in [5.41, 5.74) is 5.39. The lowest BCUT2D eigenvalue weighted by Crippen LogP contribution is -2.45. The molecular weight excluding hydrogens is 780 g/mol. The molecule has 0 saturated carbocycles. The van der Waals surface area contributed by atoms with Crippen molar-refractivity contribution >= 4 is 13.7 Å². The van der Waals surface area contributed by atoms with Gasteiger partial charge in [-0.25, -0.2) is 4.57 Å². The monoisotopic (exact) mass is 881 g/mol. The second-order valence-electron chi connectivity index (χ2n) is 17.7. The summed E-state index contributed by atoms with van der Waals surface area (Å²) >= 11 is 0. The Balaban J connectivity index is 4.14. The molecule has 0 fully saturated rings. The van der Waals surface area contributed by atoms with E-state index in [-0.39, 0.29) is 25.7 Å². The molecule has 0 aromatic rings. The van der Waals surface area contributed by atoms with Gasteiger partial charge in [0.25, 0.3) is 0 Å². The molecule has 0 saturated heterocycles. The normalized spacial score (nSPS) is 14.1. The topological polar surface area (TPSA) is 131 Å². The lowest BCUT2D eigenvalue weighted by molar-refractivity contribution is -0.123. The van der Waals surface area contributed by atoms with Crippen LogP contribution in [0.1, 0.15) is 258 Å². The molecule has 61 heavy (non-hydrogen) atoms. The molecular formula is C52H101N2O6P. The third-order valence-corrected chi connectivity index (χ3v) is 12.7. The molecule has 0 aliphatic rings. The Kier molecular flexibility index (Phi) is 47.2. The van der Waals surface area contributed by atoms with Crippen LogP contribution in [0.5, 0.6) is 0 Å². The van der Waals surface area contributed by atoms with E-state index in [1.807, 2.05) is 6.08 Å². The van der Waals surface area contributed by atoms with Crippen LogP contribution in [-0.4, -0.2) is 47.8 Å². The van der Waals surface area contributed by atoms with Gasteiger partial charge in [-0.3, -0.25) is 13.8 Å². The third kappa shape index (κ3) is 46.5. The number of phosphoric ester groups is 1. The molecule has 0 heterocycles. The van der Waals surface area contributed by atoms with Crippen LogP contribution in [0.4, 0.5) is 0 Å². The van der Waals surface area contributed by atoms with Gasteiger partial charge in [-0.15, -0.1) is 0 Å². The van der Waals surface area contributed by atoms with Gasteiger partial charge >= 0.3 is 7.82 Å². The molecule has 3 atom stereocenters. The number of carbonyl (C=O) groups is 1. The van der Waals surface area contributed by atoms with E-state index in [0.717, 1.165) is 44.9 Å². The Morgan fingerprint density at radius 2 is 0.869 bits per heavy atom. The van der Waals surface area contributed by atoms with Crippen molar-refractivity contribution in [2.24, 2.45) is 5.73 Å². The smallest absolute Gasteiger partial charge is 0.387 e. The zero-order valence-electron chi connectivity index (χ0n) is 40.2. The Hall–Kier alpha value is -1.28. The highest BCUT2D eigenvalue weighted by Crippen LogP contribution is 2.43. The molecule has 0 aromatic carbocycles. The SMILES string of the molecule is CCCCCCCCCCCCC/C=C/CC/C=C/CC/C=C/C(O)C(COP(=O)(O)OCCN)NC(=O)CCCCCCCCCCCCCCCCCCCCCCC. The standard InChI is InChI=1S/C52H101N2O6P/c1-3-5-7-9-11-13-15-17-19-21-23-25-27-29-31-33-35-37-39-41-43-45-51(55)50(49-60-61(57,58)59-48-47-53)54-52(56)46-44-42-40-38-36-34-32-30-28-26-24-22-20-18-16-14-12-10-8-6-4-2/h27,29,35,37,43,45,50-51,55H,3-26,28,30-34,36,38-42,44,46-49,53H2,1-2H3,(H,54,56)(H,57,58)/b29-27+,37-35+,45-43+. The van der Waals surface area contributed by atoms with E-state index in [4.69, 9.17) is 14.8 Å². The molecule has 360 valence electrons. The molecule has 0 aromatic heterocycles. The van der Waals surface area contributed by atoms with Gasteiger partial charge in [0, 0.05) is 13.0 Å². The van der Waals surface area contributed by atoms with Gasteiger partial charge in [0.05, 0.1) is 25.4 Å². The van der Waals surface area contributed by atoms with Gasteiger partial charge in [0.2, 0.25) is 5.91 Å². The lowest BCUT2D eigenvalue weighted by atomic mass is 10.0. The number of hydrogen-bond donors (Lipinski definition) is 4. The number of allylic oxidation sites excluding steroid dienone is 5. The second kappa shape index (κ2) is 48.2. The maximum absolute atomic E-state index is 12.8. The molecule has 0 spiro atoms. The highest BCUT2D eigenvalue weighted by Gasteiger charge is 2.26. The van der Waals surface area contributed by atoms with Crippen molar-refractivity contribution in [3.63, 3.8) is 0 Å². The summed E-state index contributed by atoms with van der Waals surface area (Å²) < 4.78 is 22.2. The Labute approximate surface area is 378 Å². The Morgan fingerprint density at radius 1 is 0.525 bits per heavy atom. The summed E-state index contributed by atoms with van der Waals surface area (Å²) in [4.78, 5) is 22.8. The molecule has 0 aliphatic heterocycles. The van der Waals surface area contributed by atoms with Crippen LogP contribution in [0, 0.1) is 0 Å². The van der Waals surface area contributed by atoms with E-state index in [1.165, 1.54) is 193 Å². The number of unbranched alkanes of at least 4 members (excludes halogenated alkanes) is 33. The average Bonchev–Trinajstić information content (AvgIpc) is 3.25. The number of aliphatic hydroxyl groups is 1. The number of amides is 1. The van der Waals surface area contributed by atoms with Crippen molar-refractivity contribution in [1.82, 2.24) is 5.32 Å². The predicted molar refractivity (Wildman–Crippen MR) is 263 cm³/mol. The lowest BCUT2D eigenvalue weighted by Gasteiger charge is -2.23. The predicted octanol–water partition coefficient (Wildman–Crippen LogP) is 15.5. The van der Waals surface area contributed by atoms with Crippen molar-refractivity contribution in [1.29, 1.82) is 0 Å². The molecule has 8 nitrogen and oxygen atoms in total. The molecule has 0 bridgehead atoms. The van der Waals surface area contributed by atoms with E-state index in [0.29, 0.717) is 6.42 Å². The summed E-state index contributed by atoms with van der Waals surface area (Å²) in [6.07, 6.45) is 59.3. The summed E-state index contributed by atoms with van der Waals surface area (Å²) in [5, 5.41) is 13.7. The maximum Gasteiger partial charge on any atom is 0.472 e. The fraction of sp³-hybridized carbons (Fsp3) is 0.865. The molecule has 0 radical (unpaired) electrons. The summed E-state index contributed by atoms with van der Waals surface area (Å²) in [6, 6.07) is -0.881. The number of nitrogens with one attached hydrogen (secondary N) is 1. The van der Waals surface area contributed by atoms with Gasteiger partial charge in [0.15, 0.2) is 0 Å². The minimum atomic E-state index is -4.35. The number of hydrogen-bond acceptors (Lipinski definition) is 6. The fourth-order valence-electron chi connectivity index (χ4n) is 7.75. The van der Waals surface area contributed by atoms with Crippen molar-refractivity contribution in [2.45, 2.75) is 270 Å². The van der Waals surface area contributed by atoms with Crippen LogP contribution >= 0.6 is 7.82 Å². The first-order chi connectivity index (χ1) is 29.9. The Morgan fingerprint density at radius 3 is 1.26 bits per heavy atom. The Bertz CT molecular complexity index is 1050. The molecule has 3 unspecified atom stereocenters. The summed E-state index contributed by atoms with van der Waals surface area (Å²) in [5.74, 6) is -0.203. The van der Waals surface area contributed by atoms with Crippen molar-refractivity contribution in [2.75, 3.05) is 19.8 Å². The second-order valence-corrected chi connectivity index (χ2v) is 19.2. The molecule has 5 N–H and O–H groups in total. The van der Waals surface area contributed by atoms with Crippen molar-refractivity contribution in [3.05, 3.63) is 36.5 Å². The van der Waals surface area contributed by atoms with Gasteiger partial charge < -0.3 is 21.1 Å². The highest BCUT2D eigenvalue weighted by atomic mass is 31.2. The van der Waals surface area contributed by atoms with Crippen LogP contribution in [0.15, 0.2) is 36.5 Å². The number of carbonyl (C=O) groups excluding carboxylic acids is 1. The number of phosphoric acid groups is 1. The van der Waals surface area contributed by atoms with Gasteiger partial charge in [0.1, 0.15) is 0 Å². The van der Waals surface area contributed by atoms with Crippen molar-refractivity contribution < 1.29 is 28.4 Å². The number of nitrogens with two attached hydrogens (primary N) is 1. The van der Waals surface area contributed by atoms with E-state index in [1.54, 1.807) is 6.08 Å². The van der Waals surface area contributed by atoms with E-state index in [2.05, 4.69) is 43.5 Å². The van der Waals surface area contributed by atoms with Crippen LogP contribution in [0.25, 0.3) is 0 Å². The van der Waals surface area contributed by atoms with Gasteiger partial charge in [-0.2, -0.15) is 0 Å². The zero-order valence-corrected chi connectivity index (χ0v) is 41.1. The first-order valence-corrected chi connectivity index (χ1v) is 27.6. The molecule has 9 heteroatoms. The quantitative estimate of drug-likeness (QED) is 0.0272. The van der Waals surface area contributed by atoms with Gasteiger partial charge in [-0.05, 0) is 44.9 Å². The molecule has 0 aliphatic carbocycles. The zero-order chi connectivity index (χ0) is 44.6. The van der Waals surface area contributed by atoms with Crippen LogP contribution in [-0.2, 0) is 18.4 Å². The van der Waals surface area contributed by atoms with Crippen LogP contribution in [0.2, 0.25) is 0 Å². The van der Waals surface area contributed by atoms with Crippen molar-refractivity contribution in [3.8, 4) is 0 Å². The van der Waals surface area contributed by atoms with E-state index < -0.39 is 20.0 Å². The maximum atomic E-state index is 12.8. The fourth-order valence-corrected chi connectivity index (χ4v) is 8.51. The summed E-state index contributed by atoms with van der Waals surface area (Å²) in [6.45, 7) is 4.14. The average molecular weight is 881 g/mol. The minimum Gasteiger partial charge on any atom is -0.387 e. The van der Waals surface area contributed by atoms with Crippen LogP contribution < -0.4 is 11.1 Å². The molecule has 1 amide bonds. The summed E-state index contributed by atoms with van der Waals surface area (Å²) in [7, 11) is -4.35. The largest absolute Gasteiger partial charge is 0.472 e. The van der Waals surface area contributed by atoms with E-state index >= 15 is 0 Å². The highest BCUT2D eigenvalue weighted by molar-refractivity contribution is 7.47. The van der Waals surface area contributed by atoms with Crippen LogP contribution in [0.3, 0.4) is 0 Å². The van der Waals surface area contributed by atoms with Gasteiger partial charge in [-0.1, -0.05) is 243 Å².